The highest BCUT2D eigenvalue weighted by molar-refractivity contribution is 6.39. The van der Waals surface area contributed by atoms with E-state index < -0.39 is 11.8 Å². The smallest absolute Gasteiger partial charge is 0.329 e. The molecule has 0 bridgehead atoms. The number of hydrogen-bond acceptors (Lipinski definition) is 6. The number of nitrogens with one attached hydrogen (secondary N) is 2. The number of phenolic OH excluding ortho intramolecular Hbond substituents is 1. The van der Waals surface area contributed by atoms with E-state index >= 15 is 0 Å². The van der Waals surface area contributed by atoms with Crippen molar-refractivity contribution < 1.29 is 24.2 Å². The summed E-state index contributed by atoms with van der Waals surface area (Å²) < 4.78 is 10.3. The number of hydrogen-bond donors (Lipinski definition) is 3. The topological polar surface area (TPSA) is 109 Å². The second-order valence-corrected chi connectivity index (χ2v) is 5.01. The Kier molecular flexibility index (Phi) is 6.55. The first kappa shape index (κ1) is 18.8. The van der Waals surface area contributed by atoms with Crippen molar-refractivity contribution >= 4 is 23.7 Å². The molecule has 0 spiro atoms. The van der Waals surface area contributed by atoms with Crippen molar-refractivity contribution in [1.82, 2.24) is 5.43 Å². The average molecular weight is 357 g/mol. The molecular formula is C18H19N3O5. The van der Waals surface area contributed by atoms with Gasteiger partial charge in [-0.15, -0.1) is 0 Å². The lowest BCUT2D eigenvalue weighted by Crippen LogP contribution is -2.32. The first-order chi connectivity index (χ1) is 12.5. The molecule has 2 rings (SSSR count). The molecule has 0 radical (unpaired) electrons. The maximum absolute atomic E-state index is 11.8. The summed E-state index contributed by atoms with van der Waals surface area (Å²) in [5.74, 6) is -0.988. The fraction of sp³-hybridized carbons (Fsp3) is 0.167. The minimum atomic E-state index is -0.947. The average Bonchev–Trinajstić information content (AvgIpc) is 2.65. The number of methoxy groups -OCH3 is 1. The summed E-state index contributed by atoms with van der Waals surface area (Å²) in [6.45, 7) is 2.19. The van der Waals surface area contributed by atoms with Gasteiger partial charge in [0.05, 0.1) is 19.9 Å². The van der Waals surface area contributed by atoms with Crippen LogP contribution in [0.2, 0.25) is 0 Å². The van der Waals surface area contributed by atoms with Gasteiger partial charge in [0.15, 0.2) is 11.5 Å². The van der Waals surface area contributed by atoms with Crippen molar-refractivity contribution in [2.45, 2.75) is 6.92 Å². The molecule has 0 aromatic heterocycles. The van der Waals surface area contributed by atoms with Crippen LogP contribution in [0.25, 0.3) is 0 Å². The molecule has 3 N–H and O–H groups in total. The van der Waals surface area contributed by atoms with E-state index in [-0.39, 0.29) is 5.75 Å². The monoisotopic (exact) mass is 357 g/mol. The largest absolute Gasteiger partial charge is 0.504 e. The van der Waals surface area contributed by atoms with Crippen LogP contribution < -0.4 is 20.2 Å². The Hall–Kier alpha value is -3.55. The number of carbonyl (C=O) groups is 2. The summed E-state index contributed by atoms with van der Waals surface area (Å²) in [4.78, 5) is 23.6. The molecule has 0 saturated carbocycles. The lowest BCUT2D eigenvalue weighted by molar-refractivity contribution is -0.136. The second-order valence-electron chi connectivity index (χ2n) is 5.01. The first-order valence-corrected chi connectivity index (χ1v) is 7.78. The van der Waals surface area contributed by atoms with Crippen LogP contribution in [-0.2, 0) is 9.59 Å². The number of carbonyl (C=O) groups excluding carboxylic acids is 2. The molecule has 8 heteroatoms. The molecule has 0 aliphatic rings. The summed E-state index contributed by atoms with van der Waals surface area (Å²) in [6.07, 6.45) is 1.22. The minimum Gasteiger partial charge on any atom is -0.504 e. The van der Waals surface area contributed by atoms with E-state index in [2.05, 4.69) is 15.8 Å². The van der Waals surface area contributed by atoms with Gasteiger partial charge in [-0.05, 0) is 43.3 Å². The number of anilines is 1. The van der Waals surface area contributed by atoms with Crippen molar-refractivity contribution in [2.75, 3.05) is 19.0 Å². The van der Waals surface area contributed by atoms with Crippen molar-refractivity contribution in [1.29, 1.82) is 0 Å². The van der Waals surface area contributed by atoms with Crippen LogP contribution in [0, 0.1) is 0 Å². The summed E-state index contributed by atoms with van der Waals surface area (Å²) in [5.41, 5.74) is 2.88. The molecule has 0 heterocycles. The number of benzene rings is 2. The van der Waals surface area contributed by atoms with E-state index in [1.807, 2.05) is 0 Å². The molecule has 2 aromatic rings. The van der Waals surface area contributed by atoms with Crippen LogP contribution in [-0.4, -0.2) is 36.9 Å². The van der Waals surface area contributed by atoms with Crippen LogP contribution in [0.1, 0.15) is 12.5 Å². The number of para-hydroxylation sites is 1. The van der Waals surface area contributed by atoms with Crippen LogP contribution in [0.15, 0.2) is 47.6 Å². The van der Waals surface area contributed by atoms with Crippen molar-refractivity contribution in [2.24, 2.45) is 5.10 Å². The van der Waals surface area contributed by atoms with Crippen molar-refractivity contribution in [3.63, 3.8) is 0 Å². The predicted octanol–water partition coefficient (Wildman–Crippen LogP) is 1.89. The van der Waals surface area contributed by atoms with E-state index in [4.69, 9.17) is 9.47 Å². The van der Waals surface area contributed by atoms with E-state index in [1.165, 1.54) is 13.3 Å². The summed E-state index contributed by atoms with van der Waals surface area (Å²) in [5, 5.41) is 16.1. The quantitative estimate of drug-likeness (QED) is 0.415. The lowest BCUT2D eigenvalue weighted by atomic mass is 10.2. The van der Waals surface area contributed by atoms with E-state index in [9.17, 15) is 14.7 Å². The van der Waals surface area contributed by atoms with Crippen LogP contribution in [0.3, 0.4) is 0 Å². The maximum atomic E-state index is 11.8. The third kappa shape index (κ3) is 4.97. The number of phenols is 1. The highest BCUT2D eigenvalue weighted by atomic mass is 16.5. The van der Waals surface area contributed by atoms with Gasteiger partial charge in [0.25, 0.3) is 0 Å². The van der Waals surface area contributed by atoms with E-state index in [1.54, 1.807) is 49.4 Å². The molecule has 136 valence electrons. The Balaban J connectivity index is 1.93. The number of amides is 2. The van der Waals surface area contributed by atoms with E-state index in [0.29, 0.717) is 29.4 Å². The fourth-order valence-corrected chi connectivity index (χ4v) is 1.99. The maximum Gasteiger partial charge on any atom is 0.329 e. The Bertz CT molecular complexity index is 803. The van der Waals surface area contributed by atoms with Gasteiger partial charge in [0.1, 0.15) is 5.75 Å². The standard InChI is InChI=1S/C18H19N3O5/c1-3-26-15-6-4-5-12(16(15)22)11-19-21-18(24)17(23)20-13-7-9-14(25-2)10-8-13/h4-11,22H,3H2,1-2H3,(H,20,23)(H,21,24)/b19-11+. The summed E-state index contributed by atoms with van der Waals surface area (Å²) in [7, 11) is 1.53. The zero-order valence-corrected chi connectivity index (χ0v) is 14.4. The van der Waals surface area contributed by atoms with Crippen LogP contribution in [0.4, 0.5) is 5.69 Å². The molecule has 2 aromatic carbocycles. The number of hydrazone groups is 1. The lowest BCUT2D eigenvalue weighted by Gasteiger charge is -2.07. The summed E-state index contributed by atoms with van der Waals surface area (Å²) >= 11 is 0. The Morgan fingerprint density at radius 2 is 1.88 bits per heavy atom. The Morgan fingerprint density at radius 1 is 1.15 bits per heavy atom. The number of nitrogens with zero attached hydrogens (tertiary/aromatic N) is 1. The second kappa shape index (κ2) is 9.07. The first-order valence-electron chi connectivity index (χ1n) is 7.78. The Labute approximate surface area is 150 Å². The summed E-state index contributed by atoms with van der Waals surface area (Å²) in [6, 6.07) is 11.4. The number of ether oxygens (including phenoxy) is 2. The highest BCUT2D eigenvalue weighted by Gasteiger charge is 2.13. The van der Waals surface area contributed by atoms with Gasteiger partial charge < -0.3 is 19.9 Å². The molecule has 0 fully saturated rings. The third-order valence-electron chi connectivity index (χ3n) is 3.25. The number of aromatic hydroxyl groups is 1. The molecule has 0 atom stereocenters. The highest BCUT2D eigenvalue weighted by Crippen LogP contribution is 2.28. The van der Waals surface area contributed by atoms with Crippen LogP contribution in [0.5, 0.6) is 17.2 Å². The molecule has 0 saturated heterocycles. The van der Waals surface area contributed by atoms with Crippen molar-refractivity contribution in [3.8, 4) is 17.2 Å². The molecule has 0 aliphatic carbocycles. The molecule has 8 nitrogen and oxygen atoms in total. The minimum absolute atomic E-state index is 0.102. The zero-order valence-electron chi connectivity index (χ0n) is 14.4. The third-order valence-corrected chi connectivity index (χ3v) is 3.25. The molecule has 26 heavy (non-hydrogen) atoms. The van der Waals surface area contributed by atoms with Gasteiger partial charge >= 0.3 is 11.8 Å². The molecule has 0 unspecified atom stereocenters. The van der Waals surface area contributed by atoms with Gasteiger partial charge in [0, 0.05) is 11.3 Å². The van der Waals surface area contributed by atoms with Gasteiger partial charge in [-0.25, -0.2) is 5.43 Å². The van der Waals surface area contributed by atoms with E-state index in [0.717, 1.165) is 0 Å². The van der Waals surface area contributed by atoms with Gasteiger partial charge in [-0.2, -0.15) is 5.10 Å². The SMILES string of the molecule is CCOc1cccc(/C=N/NC(=O)C(=O)Nc2ccc(OC)cc2)c1O. The molecule has 0 aliphatic heterocycles. The molecular weight excluding hydrogens is 338 g/mol. The van der Waals surface area contributed by atoms with Crippen molar-refractivity contribution in [3.05, 3.63) is 48.0 Å². The Morgan fingerprint density at radius 3 is 2.54 bits per heavy atom. The normalized spacial score (nSPS) is 10.4. The predicted molar refractivity (Wildman–Crippen MR) is 96.6 cm³/mol. The zero-order chi connectivity index (χ0) is 18.9. The molecule has 2 amide bonds. The van der Waals surface area contributed by atoms with Gasteiger partial charge in [-0.1, -0.05) is 6.07 Å². The van der Waals surface area contributed by atoms with Crippen LogP contribution >= 0.6 is 0 Å². The fourth-order valence-electron chi connectivity index (χ4n) is 1.99. The van der Waals surface area contributed by atoms with Gasteiger partial charge in [-0.3, -0.25) is 9.59 Å². The van der Waals surface area contributed by atoms with Gasteiger partial charge in [0.2, 0.25) is 0 Å². The number of rotatable bonds is 6.